The first-order chi connectivity index (χ1) is 11.0. The average molecular weight is 337 g/mol. The van der Waals surface area contributed by atoms with Crippen LogP contribution in [0.5, 0.6) is 0 Å². The molecule has 1 aliphatic rings. The molecule has 1 fully saturated rings. The molecule has 0 aliphatic heterocycles. The number of H-pyrrole nitrogens is 1. The summed E-state index contributed by atoms with van der Waals surface area (Å²) < 4.78 is 33.0. The Morgan fingerprint density at radius 3 is 2.48 bits per heavy atom. The van der Waals surface area contributed by atoms with E-state index in [1.807, 2.05) is 0 Å². The summed E-state index contributed by atoms with van der Waals surface area (Å²) in [5.74, 6) is 0.294. The van der Waals surface area contributed by atoms with Gasteiger partial charge in [-0.05, 0) is 31.0 Å². The van der Waals surface area contributed by atoms with Crippen molar-refractivity contribution in [2.45, 2.75) is 49.7 Å². The first kappa shape index (κ1) is 15.9. The molecule has 2 aromatic rings. The molecule has 0 atom stereocenters. The SMILES string of the molecule is O=c1ccc(-c2ccc(S(=O)(=O)NC3CCCCCC3)o2)n[nH]1. The van der Waals surface area contributed by atoms with Crippen molar-refractivity contribution in [1.29, 1.82) is 0 Å². The molecule has 3 rings (SSSR count). The zero-order valence-electron chi connectivity index (χ0n) is 12.6. The second kappa shape index (κ2) is 6.67. The highest BCUT2D eigenvalue weighted by atomic mass is 32.2. The molecule has 2 N–H and O–H groups in total. The fourth-order valence-corrected chi connectivity index (χ4v) is 4.00. The van der Waals surface area contributed by atoms with Crippen LogP contribution < -0.4 is 10.3 Å². The molecule has 0 bridgehead atoms. The molecule has 0 aromatic carbocycles. The van der Waals surface area contributed by atoms with Gasteiger partial charge in [-0.1, -0.05) is 25.7 Å². The van der Waals surface area contributed by atoms with Gasteiger partial charge in [0.05, 0.1) is 0 Å². The smallest absolute Gasteiger partial charge is 0.274 e. The van der Waals surface area contributed by atoms with Crippen LogP contribution in [0.2, 0.25) is 0 Å². The second-order valence-corrected chi connectivity index (χ2v) is 7.38. The number of nitrogens with one attached hydrogen (secondary N) is 2. The zero-order chi connectivity index (χ0) is 16.3. The van der Waals surface area contributed by atoms with Crippen molar-refractivity contribution in [2.24, 2.45) is 0 Å². The summed E-state index contributed by atoms with van der Waals surface area (Å²) in [4.78, 5) is 11.0. The van der Waals surface area contributed by atoms with Crippen molar-refractivity contribution in [2.75, 3.05) is 0 Å². The summed E-state index contributed by atoms with van der Waals surface area (Å²) in [6, 6.07) is 5.68. The van der Waals surface area contributed by atoms with Gasteiger partial charge in [0.15, 0.2) is 5.76 Å². The van der Waals surface area contributed by atoms with Gasteiger partial charge in [-0.3, -0.25) is 4.79 Å². The summed E-state index contributed by atoms with van der Waals surface area (Å²) >= 11 is 0. The number of furan rings is 1. The van der Waals surface area contributed by atoms with Crippen molar-refractivity contribution >= 4 is 10.0 Å². The highest BCUT2D eigenvalue weighted by molar-refractivity contribution is 7.89. The summed E-state index contributed by atoms with van der Waals surface area (Å²) in [5, 5.41) is 5.98. The van der Waals surface area contributed by atoms with E-state index in [1.54, 1.807) is 0 Å². The lowest BCUT2D eigenvalue weighted by Crippen LogP contribution is -2.34. The molecular weight excluding hydrogens is 318 g/mol. The van der Waals surface area contributed by atoms with Crippen LogP contribution in [0.3, 0.4) is 0 Å². The van der Waals surface area contributed by atoms with Gasteiger partial charge in [0, 0.05) is 12.1 Å². The third kappa shape index (κ3) is 3.89. The second-order valence-electron chi connectivity index (χ2n) is 5.73. The van der Waals surface area contributed by atoms with E-state index in [2.05, 4.69) is 14.9 Å². The maximum Gasteiger partial charge on any atom is 0.274 e. The van der Waals surface area contributed by atoms with Crippen molar-refractivity contribution in [3.05, 3.63) is 34.6 Å². The lowest BCUT2D eigenvalue weighted by Gasteiger charge is -2.14. The van der Waals surface area contributed by atoms with Gasteiger partial charge in [0.1, 0.15) is 5.69 Å². The molecule has 124 valence electrons. The summed E-state index contributed by atoms with van der Waals surface area (Å²) in [5.41, 5.74) is 0.0451. The Morgan fingerprint density at radius 2 is 1.83 bits per heavy atom. The minimum Gasteiger partial charge on any atom is -0.442 e. The summed E-state index contributed by atoms with van der Waals surface area (Å²) in [6.07, 6.45) is 6.10. The highest BCUT2D eigenvalue weighted by Gasteiger charge is 2.24. The molecule has 8 heteroatoms. The predicted octanol–water partition coefficient (Wildman–Crippen LogP) is 2.03. The Labute approximate surface area is 134 Å². The monoisotopic (exact) mass is 337 g/mol. The molecule has 23 heavy (non-hydrogen) atoms. The topological polar surface area (TPSA) is 105 Å². The van der Waals surface area contributed by atoms with E-state index >= 15 is 0 Å². The quantitative estimate of drug-likeness (QED) is 0.831. The van der Waals surface area contributed by atoms with Gasteiger partial charge in [0.2, 0.25) is 5.09 Å². The molecule has 0 saturated heterocycles. The van der Waals surface area contributed by atoms with Crippen molar-refractivity contribution in [3.63, 3.8) is 0 Å². The highest BCUT2D eigenvalue weighted by Crippen LogP contribution is 2.24. The van der Waals surface area contributed by atoms with E-state index in [1.165, 1.54) is 24.3 Å². The number of hydrogen-bond acceptors (Lipinski definition) is 5. The largest absolute Gasteiger partial charge is 0.442 e. The molecule has 0 amide bonds. The number of nitrogens with zero attached hydrogens (tertiary/aromatic N) is 1. The van der Waals surface area contributed by atoms with Gasteiger partial charge >= 0.3 is 0 Å². The lowest BCUT2D eigenvalue weighted by atomic mass is 10.1. The normalized spacial score (nSPS) is 17.0. The Morgan fingerprint density at radius 1 is 1.09 bits per heavy atom. The van der Waals surface area contributed by atoms with Crippen molar-refractivity contribution in [3.8, 4) is 11.5 Å². The van der Waals surface area contributed by atoms with Crippen LogP contribution in [0.4, 0.5) is 0 Å². The van der Waals surface area contributed by atoms with E-state index < -0.39 is 10.0 Å². The van der Waals surface area contributed by atoms with Gasteiger partial charge < -0.3 is 4.42 Å². The van der Waals surface area contributed by atoms with Crippen molar-refractivity contribution < 1.29 is 12.8 Å². The number of hydrogen-bond donors (Lipinski definition) is 2. The molecule has 7 nitrogen and oxygen atoms in total. The van der Waals surface area contributed by atoms with Crippen LogP contribution >= 0.6 is 0 Å². The molecule has 1 aliphatic carbocycles. The third-order valence-corrected chi connectivity index (χ3v) is 5.35. The first-order valence-electron chi connectivity index (χ1n) is 7.73. The summed E-state index contributed by atoms with van der Waals surface area (Å²) in [6.45, 7) is 0. The average Bonchev–Trinajstić information content (AvgIpc) is 2.89. The number of aromatic nitrogens is 2. The standard InChI is InChI=1S/C15H19N3O4S/c19-14-9-7-12(16-17-14)13-8-10-15(22-13)23(20,21)18-11-5-3-1-2-4-6-11/h7-11,18H,1-6H2,(H,17,19). The van der Waals surface area contributed by atoms with Crippen LogP contribution in [-0.4, -0.2) is 24.7 Å². The molecular formula is C15H19N3O4S. The van der Waals surface area contributed by atoms with E-state index in [0.29, 0.717) is 11.5 Å². The van der Waals surface area contributed by atoms with Crippen LogP contribution in [-0.2, 0) is 10.0 Å². The van der Waals surface area contributed by atoms with Crippen LogP contribution in [0.15, 0.2) is 38.6 Å². The molecule has 1 saturated carbocycles. The Balaban J connectivity index is 1.78. The van der Waals surface area contributed by atoms with Gasteiger partial charge in [-0.2, -0.15) is 5.10 Å². The summed E-state index contributed by atoms with van der Waals surface area (Å²) in [7, 11) is -3.69. The minimum absolute atomic E-state index is 0.0396. The molecule has 2 aromatic heterocycles. The molecule has 0 radical (unpaired) electrons. The molecule has 2 heterocycles. The van der Waals surface area contributed by atoms with Gasteiger partial charge in [-0.15, -0.1) is 0 Å². The Hall–Kier alpha value is -1.93. The lowest BCUT2D eigenvalue weighted by molar-refractivity contribution is 0.442. The van der Waals surface area contributed by atoms with Crippen LogP contribution in [0, 0.1) is 0 Å². The zero-order valence-corrected chi connectivity index (χ0v) is 13.4. The number of aromatic amines is 1. The van der Waals surface area contributed by atoms with Crippen LogP contribution in [0.25, 0.3) is 11.5 Å². The molecule has 0 unspecified atom stereocenters. The van der Waals surface area contributed by atoms with Crippen LogP contribution in [0.1, 0.15) is 38.5 Å². The van der Waals surface area contributed by atoms with E-state index in [4.69, 9.17) is 4.42 Å². The van der Waals surface area contributed by atoms with Gasteiger partial charge in [-0.25, -0.2) is 18.2 Å². The Kier molecular flexibility index (Phi) is 4.63. The van der Waals surface area contributed by atoms with E-state index in [9.17, 15) is 13.2 Å². The third-order valence-electron chi connectivity index (χ3n) is 3.95. The number of sulfonamides is 1. The molecule has 0 spiro atoms. The fraction of sp³-hybridized carbons (Fsp3) is 0.467. The Bertz CT molecular complexity index is 797. The maximum atomic E-state index is 12.4. The first-order valence-corrected chi connectivity index (χ1v) is 9.21. The minimum atomic E-state index is -3.69. The van der Waals surface area contributed by atoms with Crippen molar-refractivity contribution in [1.82, 2.24) is 14.9 Å². The maximum absolute atomic E-state index is 12.4. The fourth-order valence-electron chi connectivity index (χ4n) is 2.76. The van der Waals surface area contributed by atoms with Gasteiger partial charge in [0.25, 0.3) is 15.6 Å². The number of rotatable bonds is 4. The van der Waals surface area contributed by atoms with E-state index in [0.717, 1.165) is 38.5 Å². The predicted molar refractivity (Wildman–Crippen MR) is 84.4 cm³/mol. The van der Waals surface area contributed by atoms with E-state index in [-0.39, 0.29) is 16.7 Å².